The van der Waals surface area contributed by atoms with Gasteiger partial charge in [0, 0.05) is 16.1 Å². The molecule has 2 aromatic rings. The first-order chi connectivity index (χ1) is 10.6. The van der Waals surface area contributed by atoms with Gasteiger partial charge in [-0.3, -0.25) is 4.79 Å². The van der Waals surface area contributed by atoms with Crippen molar-refractivity contribution in [2.45, 2.75) is 26.7 Å². The van der Waals surface area contributed by atoms with Crippen LogP contribution in [0.3, 0.4) is 0 Å². The Hall–Kier alpha value is -1.95. The van der Waals surface area contributed by atoms with E-state index in [0.29, 0.717) is 11.6 Å². The normalized spacial score (nSPS) is 10.5. The molecule has 0 aliphatic rings. The second kappa shape index (κ2) is 7.89. The van der Waals surface area contributed by atoms with E-state index >= 15 is 0 Å². The van der Waals surface area contributed by atoms with Gasteiger partial charge >= 0.3 is 0 Å². The van der Waals surface area contributed by atoms with E-state index < -0.39 is 0 Å². The maximum absolute atomic E-state index is 12.0. The maximum atomic E-state index is 12.0. The summed E-state index contributed by atoms with van der Waals surface area (Å²) < 4.78 is 1.02. The van der Waals surface area contributed by atoms with E-state index in [2.05, 4.69) is 36.8 Å². The fourth-order valence-electron chi connectivity index (χ4n) is 2.03. The van der Waals surface area contributed by atoms with Crippen molar-refractivity contribution in [3.05, 3.63) is 40.9 Å². The molecule has 6 heteroatoms. The number of hydrogen-bond donors (Lipinski definition) is 2. The van der Waals surface area contributed by atoms with Crippen molar-refractivity contribution in [2.75, 3.05) is 10.6 Å². The average molecular weight is 363 g/mol. The molecule has 1 heterocycles. The quantitative estimate of drug-likeness (QED) is 0.800. The Balaban J connectivity index is 1.98. The molecule has 22 heavy (non-hydrogen) atoms. The van der Waals surface area contributed by atoms with Gasteiger partial charge in [-0.15, -0.1) is 10.2 Å². The Morgan fingerprint density at radius 3 is 2.18 bits per heavy atom. The molecule has 0 radical (unpaired) electrons. The molecule has 1 aromatic heterocycles. The van der Waals surface area contributed by atoms with Crippen molar-refractivity contribution >= 4 is 39.2 Å². The summed E-state index contributed by atoms with van der Waals surface area (Å²) in [6.07, 6.45) is 1.64. The van der Waals surface area contributed by atoms with Crippen molar-refractivity contribution in [3.63, 3.8) is 0 Å². The van der Waals surface area contributed by atoms with E-state index in [-0.39, 0.29) is 11.8 Å². The van der Waals surface area contributed by atoms with Gasteiger partial charge in [0.1, 0.15) is 0 Å². The van der Waals surface area contributed by atoms with Gasteiger partial charge in [-0.25, -0.2) is 0 Å². The first-order valence-electron chi connectivity index (χ1n) is 7.29. The van der Waals surface area contributed by atoms with Crippen molar-refractivity contribution in [2.24, 2.45) is 5.92 Å². The van der Waals surface area contributed by atoms with E-state index in [1.54, 1.807) is 12.1 Å². The van der Waals surface area contributed by atoms with Gasteiger partial charge in [0.05, 0.1) is 0 Å². The van der Waals surface area contributed by atoms with Crippen LogP contribution in [0.25, 0.3) is 0 Å². The zero-order valence-corrected chi connectivity index (χ0v) is 14.2. The summed E-state index contributed by atoms with van der Waals surface area (Å²) in [6.45, 7) is 4.01. The summed E-state index contributed by atoms with van der Waals surface area (Å²) in [5.41, 5.74) is 0.923. The van der Waals surface area contributed by atoms with Crippen LogP contribution in [0.15, 0.2) is 40.9 Å². The molecule has 0 atom stereocenters. The van der Waals surface area contributed by atoms with Gasteiger partial charge in [-0.05, 0) is 49.2 Å². The minimum absolute atomic E-state index is 0.00656. The van der Waals surface area contributed by atoms with Crippen LogP contribution in [-0.2, 0) is 4.79 Å². The average Bonchev–Trinajstić information content (AvgIpc) is 2.53. The van der Waals surface area contributed by atoms with E-state index in [1.807, 2.05) is 38.1 Å². The van der Waals surface area contributed by atoms with Gasteiger partial charge < -0.3 is 10.6 Å². The number of nitrogens with zero attached hydrogens (tertiary/aromatic N) is 2. The molecule has 0 aliphatic heterocycles. The predicted molar refractivity (Wildman–Crippen MR) is 92.2 cm³/mol. The summed E-state index contributed by atoms with van der Waals surface area (Å²) >= 11 is 3.39. The zero-order valence-electron chi connectivity index (χ0n) is 12.6. The SMILES string of the molecule is CCC(CC)C(=O)Nc1ccc(Nc2ccc(Br)cc2)nn1. The van der Waals surface area contributed by atoms with Gasteiger partial charge in [-0.1, -0.05) is 29.8 Å². The van der Waals surface area contributed by atoms with E-state index in [1.165, 1.54) is 0 Å². The number of halogens is 1. The second-order valence-electron chi connectivity index (χ2n) is 4.94. The number of benzene rings is 1. The predicted octanol–water partition coefficient (Wildman–Crippen LogP) is 4.36. The molecule has 5 nitrogen and oxygen atoms in total. The lowest BCUT2D eigenvalue weighted by atomic mass is 10.0. The molecule has 1 aromatic carbocycles. The number of anilines is 3. The minimum Gasteiger partial charge on any atom is -0.339 e. The molecule has 0 saturated carbocycles. The molecule has 0 aliphatic carbocycles. The first kappa shape index (κ1) is 16.4. The lowest BCUT2D eigenvalue weighted by molar-refractivity contribution is -0.120. The Labute approximate surface area is 138 Å². The van der Waals surface area contributed by atoms with E-state index in [0.717, 1.165) is 23.0 Å². The second-order valence-corrected chi connectivity index (χ2v) is 5.85. The number of carbonyl (C=O) groups is 1. The third kappa shape index (κ3) is 4.53. The Morgan fingerprint density at radius 2 is 1.64 bits per heavy atom. The summed E-state index contributed by atoms with van der Waals surface area (Å²) in [5.74, 6) is 1.11. The van der Waals surface area contributed by atoms with Gasteiger partial charge in [-0.2, -0.15) is 0 Å². The molecule has 0 saturated heterocycles. The molecule has 116 valence electrons. The first-order valence-corrected chi connectivity index (χ1v) is 8.08. The highest BCUT2D eigenvalue weighted by molar-refractivity contribution is 9.10. The van der Waals surface area contributed by atoms with Gasteiger partial charge in [0.25, 0.3) is 0 Å². The number of hydrogen-bond acceptors (Lipinski definition) is 4. The summed E-state index contributed by atoms with van der Waals surface area (Å²) in [4.78, 5) is 12.0. The topological polar surface area (TPSA) is 66.9 Å². The Kier molecular flexibility index (Phi) is 5.89. The van der Waals surface area contributed by atoms with Gasteiger partial charge in [0.15, 0.2) is 11.6 Å². The van der Waals surface area contributed by atoms with Crippen LogP contribution in [-0.4, -0.2) is 16.1 Å². The number of amides is 1. The molecule has 0 spiro atoms. The standard InChI is InChI=1S/C16H19BrN4O/c1-3-11(4-2)16(22)19-15-10-9-14(20-21-15)18-13-7-5-12(17)6-8-13/h5-11H,3-4H2,1-2H3,(H,18,20)(H,19,21,22). The third-order valence-corrected chi connectivity index (χ3v) is 3.92. The monoisotopic (exact) mass is 362 g/mol. The maximum Gasteiger partial charge on any atom is 0.228 e. The highest BCUT2D eigenvalue weighted by atomic mass is 79.9. The van der Waals surface area contributed by atoms with Crippen LogP contribution in [0, 0.1) is 5.92 Å². The Morgan fingerprint density at radius 1 is 1.05 bits per heavy atom. The molecular formula is C16H19BrN4O. The van der Waals surface area contributed by atoms with Crippen LogP contribution in [0.5, 0.6) is 0 Å². The van der Waals surface area contributed by atoms with Gasteiger partial charge in [0.2, 0.25) is 5.91 Å². The molecule has 2 rings (SSSR count). The van der Waals surface area contributed by atoms with E-state index in [4.69, 9.17) is 0 Å². The molecular weight excluding hydrogens is 344 g/mol. The van der Waals surface area contributed by atoms with Crippen molar-refractivity contribution in [1.29, 1.82) is 0 Å². The van der Waals surface area contributed by atoms with Crippen LogP contribution in [0.4, 0.5) is 17.3 Å². The lowest BCUT2D eigenvalue weighted by Gasteiger charge is -2.12. The molecule has 0 unspecified atom stereocenters. The number of rotatable bonds is 6. The van der Waals surface area contributed by atoms with Crippen molar-refractivity contribution < 1.29 is 4.79 Å². The Bertz CT molecular complexity index is 609. The molecule has 0 bridgehead atoms. The third-order valence-electron chi connectivity index (χ3n) is 3.39. The number of nitrogens with one attached hydrogen (secondary N) is 2. The van der Waals surface area contributed by atoms with Crippen LogP contribution in [0.2, 0.25) is 0 Å². The fraction of sp³-hybridized carbons (Fsp3) is 0.312. The van der Waals surface area contributed by atoms with Crippen LogP contribution in [0.1, 0.15) is 26.7 Å². The molecule has 1 amide bonds. The van der Waals surface area contributed by atoms with Crippen molar-refractivity contribution in [1.82, 2.24) is 10.2 Å². The summed E-state index contributed by atoms with van der Waals surface area (Å²) in [7, 11) is 0. The largest absolute Gasteiger partial charge is 0.339 e. The van der Waals surface area contributed by atoms with Crippen LogP contribution < -0.4 is 10.6 Å². The minimum atomic E-state index is -0.00656. The highest BCUT2D eigenvalue weighted by Gasteiger charge is 2.14. The molecule has 0 fully saturated rings. The van der Waals surface area contributed by atoms with Crippen LogP contribution >= 0.6 is 15.9 Å². The van der Waals surface area contributed by atoms with Crippen molar-refractivity contribution in [3.8, 4) is 0 Å². The number of carbonyl (C=O) groups excluding carboxylic acids is 1. The lowest BCUT2D eigenvalue weighted by Crippen LogP contribution is -2.22. The van der Waals surface area contributed by atoms with E-state index in [9.17, 15) is 4.79 Å². The molecule has 2 N–H and O–H groups in total. The summed E-state index contributed by atoms with van der Waals surface area (Å²) in [5, 5.41) is 14.0. The zero-order chi connectivity index (χ0) is 15.9. The highest BCUT2D eigenvalue weighted by Crippen LogP contribution is 2.18. The number of aromatic nitrogens is 2. The smallest absolute Gasteiger partial charge is 0.228 e. The fourth-order valence-corrected chi connectivity index (χ4v) is 2.30. The summed E-state index contributed by atoms with van der Waals surface area (Å²) in [6, 6.07) is 11.3.